The normalized spacial score (nSPS) is 22.5. The molecule has 1 aromatic heterocycles. The second-order valence-electron chi connectivity index (χ2n) is 15.3. The van der Waals surface area contributed by atoms with E-state index in [-0.39, 0.29) is 28.1 Å². The van der Waals surface area contributed by atoms with Crippen LogP contribution in [0.4, 0.5) is 4.39 Å². The molecule has 1 N–H and O–H groups in total. The predicted octanol–water partition coefficient (Wildman–Crippen LogP) is 7.22. The Morgan fingerprint density at radius 3 is 2.34 bits per heavy atom. The Kier molecular flexibility index (Phi) is 9.41. The van der Waals surface area contributed by atoms with Gasteiger partial charge in [-0.15, -0.1) is 0 Å². The summed E-state index contributed by atoms with van der Waals surface area (Å²) in [5.74, 6) is 0.710. The fourth-order valence-electron chi connectivity index (χ4n) is 9.41. The number of hydrogen-bond acceptors (Lipinski definition) is 5. The smallest absolute Gasteiger partial charge is 0.254 e. The van der Waals surface area contributed by atoms with Gasteiger partial charge in [0.1, 0.15) is 11.6 Å². The number of hydrogen-bond donors (Lipinski definition) is 1. The molecule has 8 nitrogen and oxygen atoms in total. The van der Waals surface area contributed by atoms with E-state index in [4.69, 9.17) is 4.98 Å². The molecule has 1 amide bonds. The summed E-state index contributed by atoms with van der Waals surface area (Å²) < 4.78 is 46.1. The van der Waals surface area contributed by atoms with E-state index in [2.05, 4.69) is 51.4 Å². The summed E-state index contributed by atoms with van der Waals surface area (Å²) in [6.45, 7) is 11.3. The molecule has 2 bridgehead atoms. The van der Waals surface area contributed by atoms with E-state index < -0.39 is 10.0 Å². The molecule has 3 aliphatic rings. The summed E-state index contributed by atoms with van der Waals surface area (Å²) in [5, 5.41) is 0. The fraction of sp³-hybridized carbons (Fsp3) is 0.500. The molecule has 3 atom stereocenters. The van der Waals surface area contributed by atoms with Gasteiger partial charge in [0.25, 0.3) is 5.91 Å². The zero-order chi connectivity index (χ0) is 35.4. The molecule has 3 saturated heterocycles. The molecular formula is C40H50FN5O3S. The highest BCUT2D eigenvalue weighted by Gasteiger charge is 2.44. The number of halogens is 1. The molecule has 0 aliphatic carbocycles. The molecule has 50 heavy (non-hydrogen) atoms. The third kappa shape index (κ3) is 6.39. The monoisotopic (exact) mass is 699 g/mol. The van der Waals surface area contributed by atoms with Gasteiger partial charge in [-0.05, 0) is 139 Å². The van der Waals surface area contributed by atoms with Crippen molar-refractivity contribution in [3.8, 4) is 0 Å². The number of rotatable bonds is 9. The first-order valence-corrected chi connectivity index (χ1v) is 19.7. The number of sulfonamides is 1. The second kappa shape index (κ2) is 13.5. The minimum Gasteiger partial charge on any atom is -0.339 e. The molecule has 266 valence electrons. The highest BCUT2D eigenvalue weighted by molar-refractivity contribution is 7.89. The van der Waals surface area contributed by atoms with Crippen LogP contribution in [0.3, 0.4) is 0 Å². The van der Waals surface area contributed by atoms with E-state index in [0.717, 1.165) is 61.1 Å². The van der Waals surface area contributed by atoms with Gasteiger partial charge in [0, 0.05) is 42.8 Å². The minimum absolute atomic E-state index is 0.140. The van der Waals surface area contributed by atoms with Gasteiger partial charge in [0.15, 0.2) is 0 Å². The molecule has 3 fully saturated rings. The Hall–Kier alpha value is -3.60. The zero-order valence-corrected chi connectivity index (χ0v) is 30.8. The van der Waals surface area contributed by atoms with Crippen molar-refractivity contribution in [2.24, 2.45) is 0 Å². The van der Waals surface area contributed by atoms with Crippen LogP contribution in [0.15, 0.2) is 65.6 Å². The van der Waals surface area contributed by atoms with E-state index in [1.807, 2.05) is 11.8 Å². The lowest BCUT2D eigenvalue weighted by Crippen LogP contribution is -2.49. The van der Waals surface area contributed by atoms with Gasteiger partial charge in [0.05, 0.1) is 15.9 Å². The lowest BCUT2D eigenvalue weighted by Gasteiger charge is -2.46. The third-order valence-electron chi connectivity index (χ3n) is 11.8. The number of nitrogens with one attached hydrogen (secondary N) is 1. The number of benzene rings is 3. The van der Waals surface area contributed by atoms with Crippen molar-refractivity contribution in [1.82, 2.24) is 24.1 Å². The van der Waals surface area contributed by atoms with Crippen LogP contribution in [-0.4, -0.2) is 71.4 Å². The van der Waals surface area contributed by atoms with Gasteiger partial charge in [-0.1, -0.05) is 30.3 Å². The van der Waals surface area contributed by atoms with Crippen LogP contribution in [0.1, 0.15) is 97.7 Å². The van der Waals surface area contributed by atoms with Crippen LogP contribution in [-0.2, 0) is 15.4 Å². The minimum atomic E-state index is -3.77. The molecular weight excluding hydrogens is 650 g/mol. The quantitative estimate of drug-likeness (QED) is 0.200. The Morgan fingerprint density at radius 1 is 0.960 bits per heavy atom. The summed E-state index contributed by atoms with van der Waals surface area (Å²) in [7, 11) is -3.77. The number of fused-ring (bicyclic) bond motifs is 3. The first-order valence-electron chi connectivity index (χ1n) is 18.2. The summed E-state index contributed by atoms with van der Waals surface area (Å²) in [6, 6.07) is 20.0. The molecule has 0 saturated carbocycles. The number of imidazole rings is 1. The van der Waals surface area contributed by atoms with Crippen molar-refractivity contribution in [1.29, 1.82) is 0 Å². The number of para-hydroxylation sites is 2. The Balaban J connectivity index is 1.09. The molecule has 0 radical (unpaired) electrons. The van der Waals surface area contributed by atoms with Crippen LogP contribution in [0.2, 0.25) is 0 Å². The maximum absolute atomic E-state index is 14.7. The predicted molar refractivity (Wildman–Crippen MR) is 195 cm³/mol. The Morgan fingerprint density at radius 2 is 1.66 bits per heavy atom. The molecule has 4 aromatic rings. The van der Waals surface area contributed by atoms with E-state index >= 15 is 0 Å². The van der Waals surface area contributed by atoms with Crippen molar-refractivity contribution in [3.05, 3.63) is 94.6 Å². The van der Waals surface area contributed by atoms with Gasteiger partial charge in [-0.25, -0.2) is 22.5 Å². The average Bonchev–Trinajstić information content (AvgIpc) is 3.53. The van der Waals surface area contributed by atoms with Crippen molar-refractivity contribution in [3.63, 3.8) is 0 Å². The molecule has 3 aromatic carbocycles. The van der Waals surface area contributed by atoms with Crippen LogP contribution in [0.5, 0.6) is 0 Å². The van der Waals surface area contributed by atoms with Crippen molar-refractivity contribution >= 4 is 27.0 Å². The number of carbonyl (C=O) groups excluding carboxylic acids is 1. The number of nitrogens with zero attached hydrogens (tertiary/aromatic N) is 4. The number of aryl methyl sites for hydroxylation is 2. The zero-order valence-electron chi connectivity index (χ0n) is 30.0. The van der Waals surface area contributed by atoms with Gasteiger partial charge in [-0.3, -0.25) is 9.69 Å². The first-order chi connectivity index (χ1) is 23.9. The second-order valence-corrected chi connectivity index (χ2v) is 16.9. The molecule has 4 heterocycles. The fourth-order valence-corrected chi connectivity index (χ4v) is 10.9. The number of aromatic nitrogens is 2. The maximum Gasteiger partial charge on any atom is 0.254 e. The summed E-state index contributed by atoms with van der Waals surface area (Å²) >= 11 is 0. The van der Waals surface area contributed by atoms with E-state index in [1.54, 1.807) is 45.0 Å². The third-order valence-corrected chi connectivity index (χ3v) is 13.6. The Bertz CT molecular complexity index is 2000. The van der Waals surface area contributed by atoms with Gasteiger partial charge in [0.2, 0.25) is 10.0 Å². The van der Waals surface area contributed by atoms with Crippen molar-refractivity contribution < 1.29 is 17.6 Å². The summed E-state index contributed by atoms with van der Waals surface area (Å²) in [6.07, 6.45) is 6.94. The first kappa shape index (κ1) is 34.8. The number of amides is 1. The highest BCUT2D eigenvalue weighted by Crippen LogP contribution is 2.45. The molecule has 1 unspecified atom stereocenters. The van der Waals surface area contributed by atoms with Gasteiger partial charge in [-0.2, -0.15) is 0 Å². The average molecular weight is 700 g/mol. The SMILES string of the molecule is Cc1ccc(S(=O)(=O)NC(C)C)c(C)c1C(=O)N1CCC(CCN2[C@@H]3CC[C@H]2CC(n2c(C)nc4ccccc42)C3)(c2cccc(F)c2)CC1. The van der Waals surface area contributed by atoms with E-state index in [0.29, 0.717) is 42.3 Å². The number of likely N-dealkylation sites (tertiary alicyclic amines) is 1. The summed E-state index contributed by atoms with van der Waals surface area (Å²) in [4.78, 5) is 23.7. The van der Waals surface area contributed by atoms with Crippen LogP contribution in [0, 0.1) is 26.6 Å². The Labute approximate surface area is 296 Å². The van der Waals surface area contributed by atoms with Crippen molar-refractivity contribution in [2.75, 3.05) is 19.6 Å². The molecule has 7 rings (SSSR count). The highest BCUT2D eigenvalue weighted by atomic mass is 32.2. The maximum atomic E-state index is 14.7. The standard InChI is InChI=1S/C40H50FN5O3S/c1-26(2)43-50(48,49)37-16-13-27(3)38(28(37)4)39(47)44-20-17-40(18-21-44,30-9-8-10-31(41)23-30)19-22-45-32-14-15-33(45)25-34(24-32)46-29(5)42-35-11-6-7-12-36(35)46/h6-13,16,23,26,32-34,43H,14-15,17-22,24-25H2,1-5H3/t32-,33+,34?. The largest absolute Gasteiger partial charge is 0.339 e. The lowest BCUT2D eigenvalue weighted by atomic mass is 9.70. The lowest BCUT2D eigenvalue weighted by molar-refractivity contribution is 0.0605. The molecule has 0 spiro atoms. The van der Waals surface area contributed by atoms with Gasteiger partial charge < -0.3 is 9.47 Å². The van der Waals surface area contributed by atoms with Crippen LogP contribution < -0.4 is 4.72 Å². The summed E-state index contributed by atoms with van der Waals surface area (Å²) in [5.41, 5.74) is 4.72. The molecule has 3 aliphatic heterocycles. The topological polar surface area (TPSA) is 87.5 Å². The van der Waals surface area contributed by atoms with Crippen LogP contribution in [0.25, 0.3) is 11.0 Å². The molecule has 10 heteroatoms. The van der Waals surface area contributed by atoms with Gasteiger partial charge >= 0.3 is 0 Å². The van der Waals surface area contributed by atoms with E-state index in [9.17, 15) is 17.6 Å². The van der Waals surface area contributed by atoms with E-state index in [1.165, 1.54) is 24.4 Å². The van der Waals surface area contributed by atoms with Crippen molar-refractivity contribution in [2.45, 2.75) is 114 Å². The van der Waals surface area contributed by atoms with Crippen LogP contribution >= 0.6 is 0 Å². The number of piperidine rings is 2. The number of carbonyl (C=O) groups is 1.